The fourth-order valence-electron chi connectivity index (χ4n) is 8.57. The third-order valence-corrected chi connectivity index (χ3v) is 12.5. The van der Waals surface area contributed by atoms with E-state index in [1.54, 1.807) is 109 Å². The van der Waals surface area contributed by atoms with Gasteiger partial charge < -0.3 is 84.5 Å². The number of nitrogens with one attached hydrogen (secondary N) is 8. The number of anilines is 6. The van der Waals surface area contributed by atoms with Gasteiger partial charge >= 0.3 is 6.09 Å². The number of carbonyl (C=O) groups excluding carboxylic acids is 9. The molecule has 0 fully saturated rings. The molecule has 0 unspecified atom stereocenters. The lowest BCUT2D eigenvalue weighted by molar-refractivity contribution is -0.120. The Labute approximate surface area is 475 Å². The number of hydrogen-bond donors (Lipinski definition) is 8. The molecule has 6 aromatic heterocycles. The third kappa shape index (κ3) is 17.1. The van der Waals surface area contributed by atoms with Gasteiger partial charge in [-0.05, 0) is 111 Å². The number of ether oxygens (including phenoxy) is 1. The molecule has 0 radical (unpaired) electrons. The van der Waals surface area contributed by atoms with E-state index in [0.29, 0.717) is 47.2 Å². The summed E-state index contributed by atoms with van der Waals surface area (Å²) in [6.45, 7) is 6.25. The van der Waals surface area contributed by atoms with Crippen molar-refractivity contribution in [1.29, 1.82) is 0 Å². The van der Waals surface area contributed by atoms with E-state index >= 15 is 0 Å². The molecule has 6 heterocycles. The largest absolute Gasteiger partial charge is 0.444 e. The van der Waals surface area contributed by atoms with Crippen LogP contribution in [0.5, 0.6) is 0 Å². The quantitative estimate of drug-likeness (QED) is 0.0401. The van der Waals surface area contributed by atoms with E-state index in [-0.39, 0.29) is 46.0 Å². The predicted octanol–water partition coefficient (Wildman–Crippen LogP) is 3.90. The molecule has 0 aliphatic rings. The van der Waals surface area contributed by atoms with Gasteiger partial charge in [-0.1, -0.05) is 0 Å². The molecule has 0 aromatic carbocycles. The lowest BCUT2D eigenvalue weighted by Gasteiger charge is -2.26. The second-order valence-electron chi connectivity index (χ2n) is 21.4. The van der Waals surface area contributed by atoms with Gasteiger partial charge in [0.15, 0.2) is 0 Å². The summed E-state index contributed by atoms with van der Waals surface area (Å²) in [6.07, 6.45) is 9.92. The molecule has 0 saturated heterocycles. The minimum atomic E-state index is -0.994. The molecule has 6 aromatic rings. The first-order valence-corrected chi connectivity index (χ1v) is 26.2. The monoisotopic (exact) mass is 1130 g/mol. The lowest BCUT2D eigenvalue weighted by Crippen LogP contribution is -2.45. The van der Waals surface area contributed by atoms with Crippen molar-refractivity contribution in [2.75, 3.05) is 99.4 Å². The van der Waals surface area contributed by atoms with Crippen LogP contribution in [0, 0.1) is 0 Å². The molecule has 0 saturated carbocycles. The van der Waals surface area contributed by atoms with Crippen molar-refractivity contribution in [3.05, 3.63) is 108 Å². The van der Waals surface area contributed by atoms with Crippen LogP contribution in [0.4, 0.5) is 38.9 Å². The van der Waals surface area contributed by atoms with Crippen molar-refractivity contribution in [2.24, 2.45) is 42.3 Å². The van der Waals surface area contributed by atoms with Gasteiger partial charge in [-0.3, -0.25) is 43.3 Å². The van der Waals surface area contributed by atoms with Gasteiger partial charge in [0.2, 0.25) is 11.8 Å². The molecule has 0 aliphatic heterocycles. The number of aromatic nitrogens is 6. The highest BCUT2D eigenvalue weighted by Crippen LogP contribution is 2.23. The predicted molar refractivity (Wildman–Crippen MR) is 310 cm³/mol. The number of hydrogen-bond acceptors (Lipinski definition) is 12. The van der Waals surface area contributed by atoms with Gasteiger partial charge in [-0.15, -0.1) is 0 Å². The van der Waals surface area contributed by atoms with Crippen molar-refractivity contribution in [3.8, 4) is 0 Å². The van der Waals surface area contributed by atoms with E-state index < -0.39 is 60.2 Å². The van der Waals surface area contributed by atoms with Gasteiger partial charge in [0.25, 0.3) is 35.4 Å². The minimum absolute atomic E-state index is 0.130. The summed E-state index contributed by atoms with van der Waals surface area (Å²) in [5, 5.41) is 22.2. The van der Waals surface area contributed by atoms with Crippen molar-refractivity contribution >= 4 is 87.5 Å². The molecule has 0 bridgehead atoms. The molecule has 27 heteroatoms. The van der Waals surface area contributed by atoms with Crippen LogP contribution in [-0.4, -0.2) is 169 Å². The zero-order chi connectivity index (χ0) is 60.3. The minimum Gasteiger partial charge on any atom is -0.444 e. The first-order valence-electron chi connectivity index (χ1n) is 26.2. The summed E-state index contributed by atoms with van der Waals surface area (Å²) in [4.78, 5) is 125. The van der Waals surface area contributed by atoms with Crippen LogP contribution >= 0.6 is 0 Å². The average Bonchev–Trinajstić information content (AvgIpc) is 4.27. The van der Waals surface area contributed by atoms with Gasteiger partial charge in [-0.2, -0.15) is 0 Å². The normalized spacial score (nSPS) is 11.3. The Hall–Kier alpha value is -9.37. The van der Waals surface area contributed by atoms with Crippen LogP contribution in [0.3, 0.4) is 0 Å². The number of carbonyl (C=O) groups is 9. The zero-order valence-electron chi connectivity index (χ0n) is 48.7. The zero-order valence-corrected chi connectivity index (χ0v) is 48.7. The Bertz CT molecular complexity index is 3150. The van der Waals surface area contributed by atoms with E-state index in [2.05, 4.69) is 42.5 Å². The lowest BCUT2D eigenvalue weighted by atomic mass is 10.2. The molecular formula is C55H75N17O10. The summed E-state index contributed by atoms with van der Waals surface area (Å²) in [6, 6.07) is 8.96. The highest BCUT2D eigenvalue weighted by molar-refractivity contribution is 6.09. The molecule has 27 nitrogen and oxygen atoms in total. The van der Waals surface area contributed by atoms with Gasteiger partial charge in [0.1, 0.15) is 52.9 Å². The molecule has 0 aliphatic carbocycles. The van der Waals surface area contributed by atoms with Crippen molar-refractivity contribution in [3.63, 3.8) is 0 Å². The first-order chi connectivity index (χ1) is 38.5. The molecular weight excluding hydrogens is 1060 g/mol. The third-order valence-electron chi connectivity index (χ3n) is 12.5. The second kappa shape index (κ2) is 26.7. The highest BCUT2D eigenvalue weighted by Gasteiger charge is 2.28. The van der Waals surface area contributed by atoms with Crippen molar-refractivity contribution in [2.45, 2.75) is 39.2 Å². The van der Waals surface area contributed by atoms with Crippen LogP contribution in [0.1, 0.15) is 96.5 Å². The molecule has 9 amide bonds. The molecule has 6 rings (SSSR count). The summed E-state index contributed by atoms with van der Waals surface area (Å²) in [5.74, 6) is -4.09. The topological polar surface area (TPSA) is 298 Å². The SMILES string of the molecule is CN(C)CCCNC(=O)c1cc(NC(=O)c2cc(NC(=O)c3cc(NC(=O)CN(CC(=O)Nc4cc(C(=O)Nc5cc(C(=O)Nc6cc(C(=O)NCCCN(C)C)n(C)c6)n(C)c5)n(C)c4)C(=O)OC(C)(C)C)cn3C)cn2C)cn1C. The van der Waals surface area contributed by atoms with Crippen LogP contribution < -0.4 is 42.5 Å². The Morgan fingerprint density at radius 1 is 0.402 bits per heavy atom. The van der Waals surface area contributed by atoms with E-state index in [1.807, 2.05) is 38.0 Å². The number of rotatable bonds is 24. The number of aryl methyl sites for hydroxylation is 6. The maximum absolute atomic E-state index is 13.5. The van der Waals surface area contributed by atoms with E-state index in [9.17, 15) is 43.2 Å². The summed E-state index contributed by atoms with van der Waals surface area (Å²) in [5.41, 5.74) is 2.24. The highest BCUT2D eigenvalue weighted by atomic mass is 16.6. The van der Waals surface area contributed by atoms with E-state index in [4.69, 9.17) is 4.74 Å². The Morgan fingerprint density at radius 3 is 0.890 bits per heavy atom. The summed E-state index contributed by atoms with van der Waals surface area (Å²) in [7, 11) is 17.7. The van der Waals surface area contributed by atoms with E-state index in [0.717, 1.165) is 30.8 Å². The number of amides is 9. The maximum Gasteiger partial charge on any atom is 0.411 e. The Morgan fingerprint density at radius 2 is 0.646 bits per heavy atom. The fourth-order valence-corrected chi connectivity index (χ4v) is 8.57. The van der Waals surface area contributed by atoms with Crippen LogP contribution in [-0.2, 0) is 56.6 Å². The first kappa shape index (κ1) is 61.8. The van der Waals surface area contributed by atoms with Gasteiger partial charge in [0, 0.05) is 92.6 Å². The average molecular weight is 1130 g/mol. The summed E-state index contributed by atoms with van der Waals surface area (Å²) < 4.78 is 14.8. The second-order valence-corrected chi connectivity index (χ2v) is 21.4. The molecule has 0 atom stereocenters. The van der Waals surface area contributed by atoms with Crippen molar-refractivity contribution < 1.29 is 47.9 Å². The standard InChI is InChI=1S/C55H75N17O10/c1-55(2,3)82-54(81)72(32-46(73)58-34-20-42(68(10)26-34)50(77)62-38-24-44(70(12)30-38)52(79)60-36-22-40(66(8)28-36)48(75)56-16-14-18-64(4)5)33-47(74)59-35-21-43(69(11)27-35)51(78)63-39-25-45(71(13)31-39)53(80)61-37-23-41(67(9)29-37)49(76)57-17-15-19-65(6)7/h20-31H,14-19,32-33H2,1-13H3,(H,56,75)(H,57,76)(H,58,73)(H,59,74)(H,60,79)(H,61,80)(H,62,77)(H,63,78). The van der Waals surface area contributed by atoms with Crippen LogP contribution in [0.15, 0.2) is 73.6 Å². The smallest absolute Gasteiger partial charge is 0.411 e. The molecule has 440 valence electrons. The molecule has 0 spiro atoms. The molecule has 8 N–H and O–H groups in total. The van der Waals surface area contributed by atoms with Crippen molar-refractivity contribution in [1.82, 2.24) is 52.7 Å². The Balaban J connectivity index is 1.02. The summed E-state index contributed by atoms with van der Waals surface area (Å²) >= 11 is 0. The van der Waals surface area contributed by atoms with Gasteiger partial charge in [0.05, 0.1) is 34.1 Å². The Kier molecular flexibility index (Phi) is 20.2. The fraction of sp³-hybridized carbons (Fsp3) is 0.400. The van der Waals surface area contributed by atoms with Crippen LogP contribution in [0.25, 0.3) is 0 Å². The maximum atomic E-state index is 13.5. The van der Waals surface area contributed by atoms with Crippen LogP contribution in [0.2, 0.25) is 0 Å². The van der Waals surface area contributed by atoms with E-state index in [1.165, 1.54) is 54.9 Å². The molecule has 82 heavy (non-hydrogen) atoms. The van der Waals surface area contributed by atoms with Gasteiger partial charge in [-0.25, -0.2) is 4.79 Å². The number of nitrogens with zero attached hydrogens (tertiary/aromatic N) is 9.